The lowest BCUT2D eigenvalue weighted by Gasteiger charge is -2.14. The monoisotopic (exact) mass is 442 g/mol. The first-order chi connectivity index (χ1) is 11.6. The molecule has 1 unspecified atom stereocenters. The van der Waals surface area contributed by atoms with Crippen LogP contribution in [-0.2, 0) is 4.74 Å². The van der Waals surface area contributed by atoms with Crippen molar-refractivity contribution in [3.8, 4) is 11.1 Å². The van der Waals surface area contributed by atoms with Gasteiger partial charge in [0, 0.05) is 14.5 Å². The van der Waals surface area contributed by atoms with Crippen molar-refractivity contribution in [2.45, 2.75) is 6.10 Å². The van der Waals surface area contributed by atoms with Crippen LogP contribution in [0.2, 0.25) is 0 Å². The van der Waals surface area contributed by atoms with Crippen molar-refractivity contribution < 1.29 is 9.53 Å². The minimum Gasteiger partial charge on any atom is -0.449 e. The lowest BCUT2D eigenvalue weighted by molar-refractivity contribution is 0.0456. The van der Waals surface area contributed by atoms with E-state index in [1.165, 1.54) is 0 Å². The molecule has 4 rings (SSSR count). The number of benzene rings is 3. The lowest BCUT2D eigenvalue weighted by atomic mass is 9.97. The van der Waals surface area contributed by atoms with Crippen LogP contribution >= 0.6 is 31.9 Å². The van der Waals surface area contributed by atoms with Crippen molar-refractivity contribution in [2.75, 3.05) is 0 Å². The predicted molar refractivity (Wildman–Crippen MR) is 101 cm³/mol. The molecule has 1 heterocycles. The molecule has 0 saturated heterocycles. The molecule has 118 valence electrons. The van der Waals surface area contributed by atoms with Crippen molar-refractivity contribution >= 4 is 37.8 Å². The van der Waals surface area contributed by atoms with Gasteiger partial charge in [-0.3, -0.25) is 0 Å². The number of hydrogen-bond donors (Lipinski definition) is 0. The average Bonchev–Trinajstić information content (AvgIpc) is 2.93. The fourth-order valence-electron chi connectivity index (χ4n) is 2.99. The highest BCUT2D eigenvalue weighted by Gasteiger charge is 2.31. The third-order valence-corrected chi connectivity index (χ3v) is 5.50. The van der Waals surface area contributed by atoms with E-state index in [-0.39, 0.29) is 12.1 Å². The van der Waals surface area contributed by atoms with E-state index in [0.29, 0.717) is 5.56 Å². The predicted octanol–water partition coefficient (Wildman–Crippen LogP) is 6.14. The summed E-state index contributed by atoms with van der Waals surface area (Å²) in [6.45, 7) is 0. The van der Waals surface area contributed by atoms with Crippen molar-refractivity contribution in [3.05, 3.63) is 92.4 Å². The van der Waals surface area contributed by atoms with Gasteiger partial charge in [0.1, 0.15) is 0 Å². The molecule has 1 atom stereocenters. The molecule has 0 fully saturated rings. The summed E-state index contributed by atoms with van der Waals surface area (Å²) in [7, 11) is 0. The highest BCUT2D eigenvalue weighted by molar-refractivity contribution is 9.11. The van der Waals surface area contributed by atoms with Gasteiger partial charge in [-0.15, -0.1) is 0 Å². The SMILES string of the molecule is O=C1OC(c2ccc(-c3ccccc3Br)c(Br)c2)c2ccccc21. The number of halogens is 2. The van der Waals surface area contributed by atoms with Crippen LogP contribution in [0.5, 0.6) is 0 Å². The summed E-state index contributed by atoms with van der Waals surface area (Å²) in [5.74, 6) is -0.262. The maximum absolute atomic E-state index is 12.0. The Kier molecular flexibility index (Phi) is 4.02. The summed E-state index contributed by atoms with van der Waals surface area (Å²) in [5, 5.41) is 0. The minimum absolute atomic E-state index is 0.262. The van der Waals surface area contributed by atoms with E-state index >= 15 is 0 Å². The first-order valence-corrected chi connectivity index (χ1v) is 9.08. The fourth-order valence-corrected chi connectivity index (χ4v) is 4.09. The molecule has 1 aliphatic heterocycles. The summed E-state index contributed by atoms with van der Waals surface area (Å²) >= 11 is 7.25. The maximum atomic E-state index is 12.0. The van der Waals surface area contributed by atoms with Crippen LogP contribution in [0.25, 0.3) is 11.1 Å². The molecule has 0 radical (unpaired) electrons. The fraction of sp³-hybridized carbons (Fsp3) is 0.0500. The first kappa shape index (κ1) is 15.6. The largest absolute Gasteiger partial charge is 0.449 e. The second-order valence-corrected chi connectivity index (χ2v) is 7.30. The Morgan fingerprint density at radius 3 is 2.17 bits per heavy atom. The van der Waals surface area contributed by atoms with E-state index in [0.717, 1.165) is 31.2 Å². The van der Waals surface area contributed by atoms with E-state index in [4.69, 9.17) is 4.74 Å². The lowest BCUT2D eigenvalue weighted by Crippen LogP contribution is -2.01. The minimum atomic E-state index is -0.349. The molecule has 0 bridgehead atoms. The topological polar surface area (TPSA) is 26.3 Å². The molecule has 0 N–H and O–H groups in total. The maximum Gasteiger partial charge on any atom is 0.339 e. The van der Waals surface area contributed by atoms with Crippen LogP contribution in [0.3, 0.4) is 0 Å². The van der Waals surface area contributed by atoms with Crippen molar-refractivity contribution in [1.82, 2.24) is 0 Å². The van der Waals surface area contributed by atoms with Gasteiger partial charge in [-0.2, -0.15) is 0 Å². The van der Waals surface area contributed by atoms with Crippen LogP contribution in [0, 0.1) is 0 Å². The van der Waals surface area contributed by atoms with E-state index < -0.39 is 0 Å². The van der Waals surface area contributed by atoms with Gasteiger partial charge in [0.15, 0.2) is 6.10 Å². The standard InChI is InChI=1S/C20H12Br2O2/c21-17-8-4-3-5-13(17)14-10-9-12(11-18(14)22)19-15-6-1-2-7-16(15)20(23)24-19/h1-11,19H. The Morgan fingerprint density at radius 1 is 0.750 bits per heavy atom. The van der Waals surface area contributed by atoms with Crippen molar-refractivity contribution in [2.24, 2.45) is 0 Å². The second-order valence-electron chi connectivity index (χ2n) is 5.59. The summed E-state index contributed by atoms with van der Waals surface area (Å²) in [4.78, 5) is 12.0. The summed E-state index contributed by atoms with van der Waals surface area (Å²) in [5.41, 5.74) is 4.72. The van der Waals surface area contributed by atoms with Crippen LogP contribution < -0.4 is 0 Å². The van der Waals surface area contributed by atoms with Crippen LogP contribution in [-0.4, -0.2) is 5.97 Å². The molecule has 0 amide bonds. The number of hydrogen-bond acceptors (Lipinski definition) is 2. The number of fused-ring (bicyclic) bond motifs is 1. The number of carbonyl (C=O) groups excluding carboxylic acids is 1. The quantitative estimate of drug-likeness (QED) is 0.444. The third-order valence-electron chi connectivity index (χ3n) is 4.15. The van der Waals surface area contributed by atoms with Crippen LogP contribution in [0.1, 0.15) is 27.6 Å². The van der Waals surface area contributed by atoms with Gasteiger partial charge < -0.3 is 4.74 Å². The highest BCUT2D eigenvalue weighted by atomic mass is 79.9. The van der Waals surface area contributed by atoms with Gasteiger partial charge >= 0.3 is 5.97 Å². The van der Waals surface area contributed by atoms with E-state index in [9.17, 15) is 4.79 Å². The van der Waals surface area contributed by atoms with Crippen LogP contribution in [0.15, 0.2) is 75.7 Å². The first-order valence-electron chi connectivity index (χ1n) is 7.49. The van der Waals surface area contributed by atoms with Crippen molar-refractivity contribution in [1.29, 1.82) is 0 Å². The Labute approximate surface area is 156 Å². The number of ether oxygens (including phenoxy) is 1. The molecular weight excluding hydrogens is 432 g/mol. The van der Waals surface area contributed by atoms with Crippen molar-refractivity contribution in [3.63, 3.8) is 0 Å². The molecule has 3 aromatic carbocycles. The van der Waals surface area contributed by atoms with Gasteiger partial charge in [0.25, 0.3) is 0 Å². The van der Waals surface area contributed by atoms with E-state index in [1.807, 2.05) is 60.7 Å². The van der Waals surface area contributed by atoms with Gasteiger partial charge in [-0.25, -0.2) is 4.79 Å². The van der Waals surface area contributed by atoms with Crippen LogP contribution in [0.4, 0.5) is 0 Å². The smallest absolute Gasteiger partial charge is 0.339 e. The molecular formula is C20H12Br2O2. The summed E-state index contributed by atoms with van der Waals surface area (Å²) in [6.07, 6.45) is -0.349. The summed E-state index contributed by atoms with van der Waals surface area (Å²) in [6, 6.07) is 21.7. The Hall–Kier alpha value is -1.91. The third kappa shape index (κ3) is 2.60. The molecule has 1 aliphatic rings. The summed E-state index contributed by atoms with van der Waals surface area (Å²) < 4.78 is 7.58. The molecule has 4 heteroatoms. The highest BCUT2D eigenvalue weighted by Crippen LogP contribution is 2.39. The number of carbonyl (C=O) groups is 1. The molecule has 24 heavy (non-hydrogen) atoms. The Balaban J connectivity index is 1.76. The molecule has 0 aliphatic carbocycles. The van der Waals surface area contributed by atoms with Gasteiger partial charge in [0.05, 0.1) is 5.56 Å². The van der Waals surface area contributed by atoms with E-state index in [2.05, 4.69) is 37.9 Å². The number of esters is 1. The molecule has 0 saturated carbocycles. The zero-order valence-electron chi connectivity index (χ0n) is 12.5. The van der Waals surface area contributed by atoms with Gasteiger partial charge in [-0.05, 0) is 34.9 Å². The molecule has 0 aromatic heterocycles. The number of cyclic esters (lactones) is 1. The molecule has 2 nitrogen and oxygen atoms in total. The number of rotatable bonds is 2. The molecule has 0 spiro atoms. The zero-order valence-corrected chi connectivity index (χ0v) is 15.7. The normalized spacial score (nSPS) is 15.9. The Bertz CT molecular complexity index is 950. The van der Waals surface area contributed by atoms with Gasteiger partial charge in [0.2, 0.25) is 0 Å². The molecule has 3 aromatic rings. The second kappa shape index (κ2) is 6.19. The van der Waals surface area contributed by atoms with Gasteiger partial charge in [-0.1, -0.05) is 80.4 Å². The van der Waals surface area contributed by atoms with E-state index in [1.54, 1.807) is 0 Å². The Morgan fingerprint density at radius 2 is 1.42 bits per heavy atom. The average molecular weight is 444 g/mol. The zero-order chi connectivity index (χ0) is 16.7.